The van der Waals surface area contributed by atoms with Crippen LogP contribution in [0.2, 0.25) is 5.02 Å². The summed E-state index contributed by atoms with van der Waals surface area (Å²) in [5, 5.41) is 0.449. The van der Waals surface area contributed by atoms with Crippen molar-refractivity contribution >= 4 is 35.4 Å². The summed E-state index contributed by atoms with van der Waals surface area (Å²) in [6, 6.07) is 10.7. The minimum atomic E-state index is -0.597. The van der Waals surface area contributed by atoms with Crippen LogP contribution >= 0.6 is 11.6 Å². The van der Waals surface area contributed by atoms with Crippen LogP contribution in [0.1, 0.15) is 54.4 Å². The number of carbonyl (C=O) groups excluding carboxylic acids is 2. The number of hydrogen-bond acceptors (Lipinski definition) is 4. The van der Waals surface area contributed by atoms with E-state index in [0.717, 1.165) is 17.7 Å². The summed E-state index contributed by atoms with van der Waals surface area (Å²) < 4.78 is 0. The van der Waals surface area contributed by atoms with Gasteiger partial charge in [-0.05, 0) is 42.5 Å². The molecule has 2 heterocycles. The number of benzene rings is 1. The fourth-order valence-electron chi connectivity index (χ4n) is 4.03. The zero-order valence-electron chi connectivity index (χ0n) is 15.7. The molecule has 1 aromatic carbocycles. The number of pyridine rings is 1. The molecule has 1 saturated carbocycles. The van der Waals surface area contributed by atoms with E-state index >= 15 is 0 Å². The lowest BCUT2D eigenvalue weighted by Gasteiger charge is -2.31. The zero-order chi connectivity index (χ0) is 19.7. The van der Waals surface area contributed by atoms with E-state index in [4.69, 9.17) is 16.6 Å². The number of fused-ring (bicyclic) bond motifs is 1. The van der Waals surface area contributed by atoms with Gasteiger partial charge in [-0.25, -0.2) is 9.88 Å². The molecule has 6 heteroatoms. The third-order valence-electron chi connectivity index (χ3n) is 5.65. The SMILES string of the molecule is C[C@H]1CCCC[C@@H]1N=CC1C(=O)N(c2ccc(Cl)cn2)C(=O)c2ccccc21. The van der Waals surface area contributed by atoms with Gasteiger partial charge in [0, 0.05) is 18.0 Å². The maximum absolute atomic E-state index is 13.3. The Bertz CT molecular complexity index is 926. The molecule has 2 aromatic rings. The van der Waals surface area contributed by atoms with Crippen LogP contribution in [0.4, 0.5) is 5.82 Å². The molecule has 1 aliphatic heterocycles. The smallest absolute Gasteiger partial charge is 0.266 e. The number of aromatic nitrogens is 1. The predicted octanol–water partition coefficient (Wildman–Crippen LogP) is 4.66. The molecule has 0 saturated heterocycles. The predicted molar refractivity (Wildman–Crippen MR) is 110 cm³/mol. The van der Waals surface area contributed by atoms with Crippen molar-refractivity contribution in [2.75, 3.05) is 4.90 Å². The van der Waals surface area contributed by atoms with E-state index in [1.807, 2.05) is 12.1 Å². The quantitative estimate of drug-likeness (QED) is 0.561. The van der Waals surface area contributed by atoms with Crippen LogP contribution in [-0.4, -0.2) is 29.1 Å². The molecule has 144 valence electrons. The standard InChI is InChI=1S/C22H22ClN3O2/c1-14-6-2-5-9-19(14)24-13-18-16-7-3-4-8-17(16)21(27)26(22(18)28)20-11-10-15(23)12-25-20/h3-4,7-8,10-14,18-19H,2,5-6,9H2,1H3/t14-,18?,19-/m0/s1. The molecule has 28 heavy (non-hydrogen) atoms. The van der Waals surface area contributed by atoms with Crippen LogP contribution in [0.3, 0.4) is 0 Å². The van der Waals surface area contributed by atoms with E-state index in [2.05, 4.69) is 11.9 Å². The van der Waals surface area contributed by atoms with E-state index in [9.17, 15) is 9.59 Å². The lowest BCUT2D eigenvalue weighted by atomic mass is 9.85. The van der Waals surface area contributed by atoms with Gasteiger partial charge in [0.2, 0.25) is 5.91 Å². The number of aliphatic imine (C=N–C) groups is 1. The molecular formula is C22H22ClN3O2. The average molecular weight is 396 g/mol. The van der Waals surface area contributed by atoms with E-state index in [-0.39, 0.29) is 23.7 Å². The number of imide groups is 1. The number of anilines is 1. The van der Waals surface area contributed by atoms with Crippen molar-refractivity contribution in [3.8, 4) is 0 Å². The van der Waals surface area contributed by atoms with Crippen molar-refractivity contribution in [2.24, 2.45) is 10.9 Å². The Morgan fingerprint density at radius 1 is 1.14 bits per heavy atom. The highest BCUT2D eigenvalue weighted by atomic mass is 35.5. The van der Waals surface area contributed by atoms with E-state index < -0.39 is 5.92 Å². The van der Waals surface area contributed by atoms with Gasteiger partial charge in [0.05, 0.1) is 17.0 Å². The van der Waals surface area contributed by atoms with E-state index in [1.165, 1.54) is 19.0 Å². The molecule has 2 amide bonds. The summed E-state index contributed by atoms with van der Waals surface area (Å²) >= 11 is 5.91. The van der Waals surface area contributed by atoms with Gasteiger partial charge in [-0.2, -0.15) is 0 Å². The number of rotatable bonds is 3. The van der Waals surface area contributed by atoms with Crippen LogP contribution < -0.4 is 4.90 Å². The number of nitrogens with zero attached hydrogens (tertiary/aromatic N) is 3. The first-order valence-electron chi connectivity index (χ1n) is 9.68. The first kappa shape index (κ1) is 18.8. The second kappa shape index (κ2) is 7.84. The molecule has 3 atom stereocenters. The molecule has 1 aliphatic carbocycles. The number of carbonyl (C=O) groups is 2. The highest BCUT2D eigenvalue weighted by Gasteiger charge is 2.39. The Kier molecular flexibility index (Phi) is 5.27. The van der Waals surface area contributed by atoms with Crippen LogP contribution in [0, 0.1) is 5.92 Å². The fourth-order valence-corrected chi connectivity index (χ4v) is 4.14. The van der Waals surface area contributed by atoms with Gasteiger partial charge >= 0.3 is 0 Å². The maximum atomic E-state index is 13.3. The molecule has 0 spiro atoms. The van der Waals surface area contributed by atoms with Crippen LogP contribution in [0.5, 0.6) is 0 Å². The van der Waals surface area contributed by atoms with Gasteiger partial charge in [-0.1, -0.05) is 49.6 Å². The largest absolute Gasteiger partial charge is 0.293 e. The van der Waals surface area contributed by atoms with E-state index in [0.29, 0.717) is 22.1 Å². The lowest BCUT2D eigenvalue weighted by Crippen LogP contribution is -2.46. The minimum absolute atomic E-state index is 0.230. The van der Waals surface area contributed by atoms with Crippen LogP contribution in [-0.2, 0) is 4.79 Å². The third kappa shape index (κ3) is 3.47. The van der Waals surface area contributed by atoms with Gasteiger partial charge in [-0.15, -0.1) is 0 Å². The Balaban J connectivity index is 1.72. The number of hydrogen-bond donors (Lipinski definition) is 0. The fraction of sp³-hybridized carbons (Fsp3) is 0.364. The third-order valence-corrected chi connectivity index (χ3v) is 5.87. The van der Waals surface area contributed by atoms with E-state index in [1.54, 1.807) is 30.5 Å². The summed E-state index contributed by atoms with van der Waals surface area (Å²) in [6.07, 6.45) is 7.79. The summed E-state index contributed by atoms with van der Waals surface area (Å²) in [5.41, 5.74) is 1.21. The maximum Gasteiger partial charge on any atom is 0.266 e. The van der Waals surface area contributed by atoms with Gasteiger partial charge < -0.3 is 0 Å². The van der Waals surface area contributed by atoms with Crippen molar-refractivity contribution in [1.82, 2.24) is 4.98 Å². The molecule has 0 radical (unpaired) electrons. The van der Waals surface area contributed by atoms with Gasteiger partial charge in [0.25, 0.3) is 5.91 Å². The monoisotopic (exact) mass is 395 g/mol. The molecule has 1 fully saturated rings. The molecule has 4 rings (SSSR count). The molecule has 0 N–H and O–H groups in total. The Morgan fingerprint density at radius 2 is 1.93 bits per heavy atom. The number of amides is 2. The molecule has 1 unspecified atom stereocenters. The Hall–Kier alpha value is -2.53. The summed E-state index contributed by atoms with van der Waals surface area (Å²) in [5.74, 6) is -0.509. The summed E-state index contributed by atoms with van der Waals surface area (Å²) in [7, 11) is 0. The lowest BCUT2D eigenvalue weighted by molar-refractivity contribution is -0.118. The second-order valence-electron chi connectivity index (χ2n) is 7.51. The molecule has 2 aliphatic rings. The molecule has 5 nitrogen and oxygen atoms in total. The van der Waals surface area contributed by atoms with Crippen LogP contribution in [0.15, 0.2) is 47.6 Å². The molecule has 1 aromatic heterocycles. The minimum Gasteiger partial charge on any atom is -0.293 e. The van der Waals surface area contributed by atoms with Crippen molar-refractivity contribution in [3.05, 3.63) is 58.7 Å². The first-order chi connectivity index (χ1) is 13.6. The number of halogens is 1. The molecular weight excluding hydrogens is 374 g/mol. The normalized spacial score (nSPS) is 25.2. The van der Waals surface area contributed by atoms with Gasteiger partial charge in [-0.3, -0.25) is 14.6 Å². The Morgan fingerprint density at radius 3 is 2.68 bits per heavy atom. The Labute approximate surface area is 169 Å². The van der Waals surface area contributed by atoms with Crippen molar-refractivity contribution in [3.63, 3.8) is 0 Å². The second-order valence-corrected chi connectivity index (χ2v) is 7.94. The summed E-state index contributed by atoms with van der Waals surface area (Å²) in [6.45, 7) is 2.21. The molecule has 0 bridgehead atoms. The van der Waals surface area contributed by atoms with Gasteiger partial charge in [0.1, 0.15) is 5.82 Å². The first-order valence-corrected chi connectivity index (χ1v) is 10.1. The van der Waals surface area contributed by atoms with Crippen LogP contribution in [0.25, 0.3) is 0 Å². The van der Waals surface area contributed by atoms with Crippen molar-refractivity contribution < 1.29 is 9.59 Å². The summed E-state index contributed by atoms with van der Waals surface area (Å²) in [4.78, 5) is 36.4. The highest BCUT2D eigenvalue weighted by molar-refractivity contribution is 6.31. The van der Waals surface area contributed by atoms with Crippen molar-refractivity contribution in [2.45, 2.75) is 44.6 Å². The topological polar surface area (TPSA) is 62.6 Å². The zero-order valence-corrected chi connectivity index (χ0v) is 16.5. The highest BCUT2D eigenvalue weighted by Crippen LogP contribution is 2.32. The van der Waals surface area contributed by atoms with Gasteiger partial charge in [0.15, 0.2) is 0 Å². The average Bonchev–Trinajstić information content (AvgIpc) is 2.71. The van der Waals surface area contributed by atoms with Crippen molar-refractivity contribution in [1.29, 1.82) is 0 Å².